The van der Waals surface area contributed by atoms with Gasteiger partial charge in [0.25, 0.3) is 5.91 Å². The second-order valence-corrected chi connectivity index (χ2v) is 5.90. The van der Waals surface area contributed by atoms with Crippen LogP contribution in [0, 0.1) is 5.82 Å². The number of benzene rings is 2. The van der Waals surface area contributed by atoms with Crippen LogP contribution in [-0.2, 0) is 14.3 Å². The zero-order valence-corrected chi connectivity index (χ0v) is 13.8. The van der Waals surface area contributed by atoms with E-state index in [0.717, 1.165) is 6.07 Å². The molecular weight excluding hydrogens is 347 g/mol. The fourth-order valence-corrected chi connectivity index (χ4v) is 2.61. The summed E-state index contributed by atoms with van der Waals surface area (Å²) in [5.74, 6) is -2.33. The molecule has 0 atom stereocenters. The van der Waals surface area contributed by atoms with E-state index in [1.807, 2.05) is 0 Å². The SMILES string of the molecule is NC(=O)CSc1ccccc1NC(=O)COC(=O)c1cccc(F)c1. The second-order valence-electron chi connectivity index (χ2n) is 4.89. The molecule has 0 fully saturated rings. The van der Waals surface area contributed by atoms with Gasteiger partial charge in [-0.1, -0.05) is 18.2 Å². The molecule has 2 rings (SSSR count). The van der Waals surface area contributed by atoms with Gasteiger partial charge in [0.05, 0.1) is 17.0 Å². The lowest BCUT2D eigenvalue weighted by Gasteiger charge is -2.10. The lowest BCUT2D eigenvalue weighted by Crippen LogP contribution is -2.21. The number of nitrogens with one attached hydrogen (secondary N) is 1. The molecule has 0 aliphatic heterocycles. The Morgan fingerprint density at radius 3 is 2.60 bits per heavy atom. The molecule has 3 N–H and O–H groups in total. The molecule has 0 heterocycles. The molecule has 130 valence electrons. The summed E-state index contributed by atoms with van der Waals surface area (Å²) < 4.78 is 17.9. The Balaban J connectivity index is 1.92. The summed E-state index contributed by atoms with van der Waals surface area (Å²) in [7, 11) is 0. The molecule has 0 radical (unpaired) electrons. The van der Waals surface area contributed by atoms with Crippen LogP contribution in [0.3, 0.4) is 0 Å². The Morgan fingerprint density at radius 1 is 1.12 bits per heavy atom. The number of esters is 1. The lowest BCUT2D eigenvalue weighted by atomic mass is 10.2. The Kier molecular flexibility index (Phi) is 6.53. The van der Waals surface area contributed by atoms with Crippen LogP contribution in [-0.4, -0.2) is 30.1 Å². The van der Waals surface area contributed by atoms with Crippen LogP contribution in [0.25, 0.3) is 0 Å². The van der Waals surface area contributed by atoms with Gasteiger partial charge in [-0.2, -0.15) is 0 Å². The van der Waals surface area contributed by atoms with E-state index in [-0.39, 0.29) is 11.3 Å². The second kappa shape index (κ2) is 8.84. The fourth-order valence-electron chi connectivity index (χ4n) is 1.86. The van der Waals surface area contributed by atoms with Crippen LogP contribution in [0.2, 0.25) is 0 Å². The van der Waals surface area contributed by atoms with E-state index in [4.69, 9.17) is 10.5 Å². The molecular formula is C17H15FN2O4S. The number of thioether (sulfide) groups is 1. The third-order valence-electron chi connectivity index (χ3n) is 2.93. The number of carbonyl (C=O) groups is 3. The van der Waals surface area contributed by atoms with Gasteiger partial charge < -0.3 is 15.8 Å². The fraction of sp³-hybridized carbons (Fsp3) is 0.118. The maximum Gasteiger partial charge on any atom is 0.338 e. The normalized spacial score (nSPS) is 10.1. The molecule has 0 spiro atoms. The molecule has 2 amide bonds. The molecule has 0 aromatic heterocycles. The highest BCUT2D eigenvalue weighted by atomic mass is 32.2. The smallest absolute Gasteiger partial charge is 0.338 e. The maximum atomic E-state index is 13.1. The van der Waals surface area contributed by atoms with E-state index < -0.39 is 30.2 Å². The molecule has 0 saturated carbocycles. The van der Waals surface area contributed by atoms with Crippen molar-refractivity contribution >= 4 is 35.2 Å². The number of primary amides is 1. The molecule has 2 aromatic carbocycles. The first-order valence-electron chi connectivity index (χ1n) is 7.18. The number of ether oxygens (including phenoxy) is 1. The van der Waals surface area contributed by atoms with Crippen molar-refractivity contribution in [3.63, 3.8) is 0 Å². The number of carbonyl (C=O) groups excluding carboxylic acids is 3. The number of hydrogen-bond donors (Lipinski definition) is 2. The lowest BCUT2D eigenvalue weighted by molar-refractivity contribution is -0.119. The highest BCUT2D eigenvalue weighted by Crippen LogP contribution is 2.26. The number of para-hydroxylation sites is 1. The number of halogens is 1. The molecule has 0 aliphatic carbocycles. The van der Waals surface area contributed by atoms with Crippen molar-refractivity contribution in [1.29, 1.82) is 0 Å². The van der Waals surface area contributed by atoms with Gasteiger partial charge in [0.1, 0.15) is 5.82 Å². The predicted octanol–water partition coefficient (Wildman–Crippen LogP) is 2.20. The van der Waals surface area contributed by atoms with Gasteiger partial charge in [0, 0.05) is 4.90 Å². The number of nitrogens with two attached hydrogens (primary N) is 1. The molecule has 6 nitrogen and oxygen atoms in total. The standard InChI is InChI=1S/C17H15FN2O4S/c18-12-5-3-4-11(8-12)17(23)24-9-16(22)20-13-6-1-2-7-14(13)25-10-15(19)21/h1-8H,9-10H2,(H2,19,21)(H,20,22). The van der Waals surface area contributed by atoms with Crippen LogP contribution in [0.15, 0.2) is 53.4 Å². The molecule has 2 aromatic rings. The van der Waals surface area contributed by atoms with Crippen LogP contribution >= 0.6 is 11.8 Å². The van der Waals surface area contributed by atoms with Crippen LogP contribution < -0.4 is 11.1 Å². The van der Waals surface area contributed by atoms with E-state index >= 15 is 0 Å². The Hall–Kier alpha value is -2.87. The largest absolute Gasteiger partial charge is 0.452 e. The van der Waals surface area contributed by atoms with Crippen molar-refractivity contribution < 1.29 is 23.5 Å². The number of amides is 2. The highest BCUT2D eigenvalue weighted by Gasteiger charge is 2.12. The summed E-state index contributed by atoms with van der Waals surface area (Å²) in [6, 6.07) is 11.8. The van der Waals surface area contributed by atoms with Gasteiger partial charge in [-0.05, 0) is 30.3 Å². The predicted molar refractivity (Wildman–Crippen MR) is 91.7 cm³/mol. The molecule has 0 aliphatic rings. The minimum atomic E-state index is -0.800. The number of anilines is 1. The maximum absolute atomic E-state index is 13.1. The third-order valence-corrected chi connectivity index (χ3v) is 4.02. The topological polar surface area (TPSA) is 98.5 Å². The first kappa shape index (κ1) is 18.5. The molecule has 0 saturated heterocycles. The zero-order chi connectivity index (χ0) is 18.2. The van der Waals surface area contributed by atoms with Crippen molar-refractivity contribution in [2.24, 2.45) is 5.73 Å². The number of hydrogen-bond acceptors (Lipinski definition) is 5. The summed E-state index contributed by atoms with van der Waals surface area (Å²) in [4.78, 5) is 35.2. The average molecular weight is 362 g/mol. The van der Waals surface area contributed by atoms with E-state index in [0.29, 0.717) is 10.6 Å². The molecule has 0 bridgehead atoms. The minimum Gasteiger partial charge on any atom is -0.452 e. The van der Waals surface area contributed by atoms with Crippen molar-refractivity contribution in [1.82, 2.24) is 0 Å². The van der Waals surface area contributed by atoms with Crippen LogP contribution in [0.5, 0.6) is 0 Å². The Bertz CT molecular complexity index is 798. The van der Waals surface area contributed by atoms with Crippen LogP contribution in [0.1, 0.15) is 10.4 Å². The van der Waals surface area contributed by atoms with Gasteiger partial charge in [-0.25, -0.2) is 9.18 Å². The Morgan fingerprint density at radius 2 is 1.88 bits per heavy atom. The zero-order valence-electron chi connectivity index (χ0n) is 13.0. The first-order valence-corrected chi connectivity index (χ1v) is 8.17. The van der Waals surface area contributed by atoms with Gasteiger partial charge in [0.2, 0.25) is 5.91 Å². The monoisotopic (exact) mass is 362 g/mol. The van der Waals surface area contributed by atoms with E-state index in [1.54, 1.807) is 24.3 Å². The van der Waals surface area contributed by atoms with Crippen molar-refractivity contribution in [2.45, 2.75) is 4.90 Å². The Labute approximate surface area is 147 Å². The van der Waals surface area contributed by atoms with Gasteiger partial charge >= 0.3 is 5.97 Å². The van der Waals surface area contributed by atoms with Crippen molar-refractivity contribution in [3.8, 4) is 0 Å². The van der Waals surface area contributed by atoms with Gasteiger partial charge in [0.15, 0.2) is 6.61 Å². The minimum absolute atomic E-state index is 0.0187. The summed E-state index contributed by atoms with van der Waals surface area (Å²) in [5, 5.41) is 2.59. The summed E-state index contributed by atoms with van der Waals surface area (Å²) in [6.07, 6.45) is 0. The number of rotatable bonds is 7. The summed E-state index contributed by atoms with van der Waals surface area (Å²) in [6.45, 7) is -0.524. The van der Waals surface area contributed by atoms with Crippen molar-refractivity contribution in [2.75, 3.05) is 17.7 Å². The van der Waals surface area contributed by atoms with E-state index in [2.05, 4.69) is 5.32 Å². The molecule has 8 heteroatoms. The third kappa shape index (κ3) is 5.92. The average Bonchev–Trinajstić information content (AvgIpc) is 2.59. The van der Waals surface area contributed by atoms with E-state index in [1.165, 1.54) is 30.0 Å². The molecule has 25 heavy (non-hydrogen) atoms. The van der Waals surface area contributed by atoms with Crippen molar-refractivity contribution in [3.05, 3.63) is 59.9 Å². The van der Waals surface area contributed by atoms with Crippen LogP contribution in [0.4, 0.5) is 10.1 Å². The first-order chi connectivity index (χ1) is 12.0. The summed E-state index contributed by atoms with van der Waals surface area (Å²) >= 11 is 1.18. The highest BCUT2D eigenvalue weighted by molar-refractivity contribution is 8.00. The molecule has 0 unspecified atom stereocenters. The quantitative estimate of drug-likeness (QED) is 0.581. The van der Waals surface area contributed by atoms with Gasteiger partial charge in [-0.15, -0.1) is 11.8 Å². The van der Waals surface area contributed by atoms with Gasteiger partial charge in [-0.3, -0.25) is 9.59 Å². The summed E-state index contributed by atoms with van der Waals surface area (Å²) in [5.41, 5.74) is 5.60. The van der Waals surface area contributed by atoms with E-state index in [9.17, 15) is 18.8 Å².